The molecule has 0 saturated heterocycles. The summed E-state index contributed by atoms with van der Waals surface area (Å²) in [6, 6.07) is 5.69. The van der Waals surface area contributed by atoms with Crippen LogP contribution in [0.15, 0.2) is 18.2 Å². The van der Waals surface area contributed by atoms with Crippen LogP contribution in [-0.4, -0.2) is 25.6 Å². The van der Waals surface area contributed by atoms with Crippen LogP contribution in [-0.2, 0) is 11.2 Å². The number of aryl methyl sites for hydroxylation is 1. The largest absolute Gasteiger partial charge is 0.496 e. The van der Waals surface area contributed by atoms with Gasteiger partial charge in [-0.2, -0.15) is 0 Å². The second-order valence-electron chi connectivity index (χ2n) is 4.74. The Kier molecular flexibility index (Phi) is 9.01. The van der Waals surface area contributed by atoms with E-state index in [1.165, 1.54) is 0 Å². The van der Waals surface area contributed by atoms with E-state index in [1.54, 1.807) is 7.11 Å². The number of hydrogen-bond donors (Lipinski definition) is 2. The summed E-state index contributed by atoms with van der Waals surface area (Å²) in [5, 5.41) is 2.86. The molecular weight excluding hydrogens is 276 g/mol. The predicted molar refractivity (Wildman–Crippen MR) is 84.6 cm³/mol. The molecule has 0 saturated carbocycles. The van der Waals surface area contributed by atoms with E-state index >= 15 is 0 Å². The Hall–Kier alpha value is -1.26. The molecule has 0 aromatic heterocycles. The van der Waals surface area contributed by atoms with Crippen LogP contribution >= 0.6 is 12.4 Å². The lowest BCUT2D eigenvalue weighted by Gasteiger charge is -2.12. The Labute approximate surface area is 127 Å². The van der Waals surface area contributed by atoms with Gasteiger partial charge in [0, 0.05) is 6.54 Å². The standard InChI is InChI=1S/C15H24N2O2.ClH/c1-4-5-13(16)15(18)17-9-8-12-7-6-11(2)14(10-12)19-3;/h6-7,10,13H,4-5,8-9,16H2,1-3H3,(H,17,18);1H. The van der Waals surface area contributed by atoms with Crippen LogP contribution in [0, 0.1) is 6.92 Å². The van der Waals surface area contributed by atoms with E-state index in [-0.39, 0.29) is 18.3 Å². The van der Waals surface area contributed by atoms with Gasteiger partial charge in [0.05, 0.1) is 13.2 Å². The third-order valence-electron chi connectivity index (χ3n) is 3.12. The summed E-state index contributed by atoms with van der Waals surface area (Å²) in [6.45, 7) is 4.63. The highest BCUT2D eigenvalue weighted by Gasteiger charge is 2.11. The van der Waals surface area contributed by atoms with Crippen molar-refractivity contribution >= 4 is 18.3 Å². The maximum Gasteiger partial charge on any atom is 0.236 e. The smallest absolute Gasteiger partial charge is 0.236 e. The van der Waals surface area contributed by atoms with Gasteiger partial charge in [-0.05, 0) is 37.0 Å². The topological polar surface area (TPSA) is 64.4 Å². The zero-order chi connectivity index (χ0) is 14.3. The fourth-order valence-electron chi connectivity index (χ4n) is 1.92. The molecule has 20 heavy (non-hydrogen) atoms. The zero-order valence-corrected chi connectivity index (χ0v) is 13.3. The summed E-state index contributed by atoms with van der Waals surface area (Å²) < 4.78 is 5.28. The number of nitrogens with one attached hydrogen (secondary N) is 1. The Balaban J connectivity index is 0.00000361. The van der Waals surface area contributed by atoms with Gasteiger partial charge >= 0.3 is 0 Å². The summed E-state index contributed by atoms with van der Waals surface area (Å²) in [4.78, 5) is 11.6. The summed E-state index contributed by atoms with van der Waals surface area (Å²) in [5.41, 5.74) is 8.00. The van der Waals surface area contributed by atoms with Crippen LogP contribution in [0.5, 0.6) is 5.75 Å². The van der Waals surface area contributed by atoms with Crippen molar-refractivity contribution in [3.8, 4) is 5.75 Å². The predicted octanol–water partition coefficient (Wildman–Crippen LogP) is 2.21. The molecule has 1 aromatic carbocycles. The Morgan fingerprint density at radius 1 is 1.45 bits per heavy atom. The summed E-state index contributed by atoms with van der Waals surface area (Å²) in [7, 11) is 1.66. The number of carbonyl (C=O) groups is 1. The van der Waals surface area contributed by atoms with Gasteiger partial charge in [-0.15, -0.1) is 12.4 Å². The minimum Gasteiger partial charge on any atom is -0.496 e. The molecule has 0 heterocycles. The fraction of sp³-hybridized carbons (Fsp3) is 0.533. The van der Waals surface area contributed by atoms with E-state index in [0.29, 0.717) is 6.54 Å². The van der Waals surface area contributed by atoms with Gasteiger partial charge < -0.3 is 15.8 Å². The molecule has 5 heteroatoms. The van der Waals surface area contributed by atoms with Crippen LogP contribution in [0.1, 0.15) is 30.9 Å². The summed E-state index contributed by atoms with van der Waals surface area (Å²) in [5.74, 6) is 0.812. The first-order valence-corrected chi connectivity index (χ1v) is 6.75. The number of carbonyl (C=O) groups excluding carboxylic acids is 1. The SMILES string of the molecule is CCCC(N)C(=O)NCCc1ccc(C)c(OC)c1.Cl. The molecular formula is C15H25ClN2O2. The minimum absolute atomic E-state index is 0. The Bertz CT molecular complexity index is 424. The first-order chi connectivity index (χ1) is 9.08. The highest BCUT2D eigenvalue weighted by atomic mass is 35.5. The number of benzene rings is 1. The highest BCUT2D eigenvalue weighted by molar-refractivity contribution is 5.85. The Morgan fingerprint density at radius 2 is 2.15 bits per heavy atom. The van der Waals surface area contributed by atoms with Gasteiger partial charge in [-0.1, -0.05) is 25.5 Å². The van der Waals surface area contributed by atoms with E-state index in [9.17, 15) is 4.79 Å². The molecule has 0 radical (unpaired) electrons. The number of hydrogen-bond acceptors (Lipinski definition) is 3. The van der Waals surface area contributed by atoms with Crippen molar-refractivity contribution in [2.24, 2.45) is 5.73 Å². The molecule has 3 N–H and O–H groups in total. The minimum atomic E-state index is -0.391. The Morgan fingerprint density at radius 3 is 2.75 bits per heavy atom. The van der Waals surface area contributed by atoms with Gasteiger partial charge in [0.1, 0.15) is 5.75 Å². The first kappa shape index (κ1) is 18.7. The first-order valence-electron chi connectivity index (χ1n) is 6.75. The van der Waals surface area contributed by atoms with Gasteiger partial charge in [0.25, 0.3) is 0 Å². The third kappa shape index (κ3) is 5.80. The van der Waals surface area contributed by atoms with Gasteiger partial charge in [0.2, 0.25) is 5.91 Å². The van der Waals surface area contributed by atoms with Crippen molar-refractivity contribution in [2.75, 3.05) is 13.7 Å². The maximum atomic E-state index is 11.6. The number of halogens is 1. The van der Waals surface area contributed by atoms with Crippen molar-refractivity contribution in [3.05, 3.63) is 29.3 Å². The van der Waals surface area contributed by atoms with Crippen molar-refractivity contribution in [1.29, 1.82) is 0 Å². The summed E-state index contributed by atoms with van der Waals surface area (Å²) >= 11 is 0. The van der Waals surface area contributed by atoms with Crippen molar-refractivity contribution in [3.63, 3.8) is 0 Å². The normalized spacial score (nSPS) is 11.4. The van der Waals surface area contributed by atoms with Gasteiger partial charge in [-0.25, -0.2) is 0 Å². The average molecular weight is 301 g/mol. The molecule has 0 bridgehead atoms. The van der Waals surface area contributed by atoms with Gasteiger partial charge in [0.15, 0.2) is 0 Å². The molecule has 0 spiro atoms. The fourth-order valence-corrected chi connectivity index (χ4v) is 1.92. The van der Waals surface area contributed by atoms with Gasteiger partial charge in [-0.3, -0.25) is 4.79 Å². The number of amides is 1. The van der Waals surface area contributed by atoms with Crippen molar-refractivity contribution in [1.82, 2.24) is 5.32 Å². The van der Waals surface area contributed by atoms with Crippen molar-refractivity contribution in [2.45, 2.75) is 39.2 Å². The summed E-state index contributed by atoms with van der Waals surface area (Å²) in [6.07, 6.45) is 2.43. The second kappa shape index (κ2) is 9.61. The number of rotatable bonds is 7. The van der Waals surface area contributed by atoms with Crippen LogP contribution < -0.4 is 15.8 Å². The lowest BCUT2D eigenvalue weighted by atomic mass is 10.1. The van der Waals surface area contributed by atoms with Crippen molar-refractivity contribution < 1.29 is 9.53 Å². The van der Waals surface area contributed by atoms with Crippen LogP contribution in [0.3, 0.4) is 0 Å². The molecule has 1 unspecified atom stereocenters. The van der Waals surface area contributed by atoms with E-state index in [1.807, 2.05) is 26.0 Å². The molecule has 1 amide bonds. The zero-order valence-electron chi connectivity index (χ0n) is 12.4. The van der Waals surface area contributed by atoms with E-state index < -0.39 is 6.04 Å². The third-order valence-corrected chi connectivity index (χ3v) is 3.12. The van der Waals surface area contributed by atoms with E-state index in [0.717, 1.165) is 36.1 Å². The highest BCUT2D eigenvalue weighted by Crippen LogP contribution is 2.18. The molecule has 0 aliphatic heterocycles. The monoisotopic (exact) mass is 300 g/mol. The molecule has 114 valence electrons. The number of methoxy groups -OCH3 is 1. The second-order valence-corrected chi connectivity index (χ2v) is 4.74. The molecule has 0 fully saturated rings. The maximum absolute atomic E-state index is 11.6. The van der Waals surface area contributed by atoms with Crippen LogP contribution in [0.25, 0.3) is 0 Å². The molecule has 1 rings (SSSR count). The van der Waals surface area contributed by atoms with E-state index in [2.05, 4.69) is 11.4 Å². The molecule has 4 nitrogen and oxygen atoms in total. The average Bonchev–Trinajstić information content (AvgIpc) is 2.40. The molecule has 0 aliphatic rings. The molecule has 1 atom stereocenters. The van der Waals surface area contributed by atoms with Crippen LogP contribution in [0.2, 0.25) is 0 Å². The molecule has 0 aliphatic carbocycles. The lowest BCUT2D eigenvalue weighted by molar-refractivity contribution is -0.122. The van der Waals surface area contributed by atoms with Crippen LogP contribution in [0.4, 0.5) is 0 Å². The number of nitrogens with two attached hydrogens (primary N) is 1. The number of ether oxygens (including phenoxy) is 1. The lowest BCUT2D eigenvalue weighted by Crippen LogP contribution is -2.41. The quantitative estimate of drug-likeness (QED) is 0.811. The van der Waals surface area contributed by atoms with E-state index in [4.69, 9.17) is 10.5 Å². The molecule has 1 aromatic rings.